The highest BCUT2D eigenvalue weighted by atomic mass is 16.3. The minimum atomic E-state index is -0.613. The molecule has 0 amide bonds. The van der Waals surface area contributed by atoms with Gasteiger partial charge >= 0.3 is 5.69 Å². The van der Waals surface area contributed by atoms with Crippen LogP contribution in [0.2, 0.25) is 0 Å². The van der Waals surface area contributed by atoms with E-state index in [1.807, 2.05) is 0 Å². The third-order valence-electron chi connectivity index (χ3n) is 2.54. The van der Waals surface area contributed by atoms with Gasteiger partial charge in [-0.05, 0) is 6.92 Å². The number of aromatic amines is 1. The Labute approximate surface area is 96.0 Å². The predicted molar refractivity (Wildman–Crippen MR) is 60.0 cm³/mol. The highest BCUT2D eigenvalue weighted by molar-refractivity contribution is 5.20. The Morgan fingerprint density at radius 3 is 2.82 bits per heavy atom. The molecule has 2 N–H and O–H groups in total. The third kappa shape index (κ3) is 2.12. The molecule has 0 radical (unpaired) electrons. The minimum absolute atomic E-state index is 0.134. The third-order valence-corrected chi connectivity index (χ3v) is 2.54. The zero-order chi connectivity index (χ0) is 12.4. The van der Waals surface area contributed by atoms with E-state index < -0.39 is 11.2 Å². The van der Waals surface area contributed by atoms with Gasteiger partial charge in [-0.2, -0.15) is 0 Å². The standard InChI is InChI=1S/C10H12N4O3/c1-7-8(15)12-10(17)14(9(7)16)5-4-13-3-2-11-6-13/h2-3,6,16H,4-5H2,1H3,(H,12,15,17). The summed E-state index contributed by atoms with van der Waals surface area (Å²) in [6, 6.07) is 0. The number of hydrogen-bond donors (Lipinski definition) is 2. The molecule has 0 fully saturated rings. The predicted octanol–water partition coefficient (Wildman–Crippen LogP) is -0.553. The Balaban J connectivity index is 2.30. The number of hydrogen-bond acceptors (Lipinski definition) is 4. The van der Waals surface area contributed by atoms with E-state index in [9.17, 15) is 14.7 Å². The molecule has 7 heteroatoms. The summed E-state index contributed by atoms with van der Waals surface area (Å²) in [6.07, 6.45) is 4.99. The second kappa shape index (κ2) is 4.28. The van der Waals surface area contributed by atoms with E-state index >= 15 is 0 Å². The molecule has 0 spiro atoms. The first-order valence-electron chi connectivity index (χ1n) is 5.08. The molecule has 0 atom stereocenters. The van der Waals surface area contributed by atoms with Crippen molar-refractivity contribution in [3.8, 4) is 5.88 Å². The Hall–Kier alpha value is -2.31. The van der Waals surface area contributed by atoms with Crippen LogP contribution in [0.1, 0.15) is 5.56 Å². The lowest BCUT2D eigenvalue weighted by atomic mass is 10.3. The molecule has 0 bridgehead atoms. The van der Waals surface area contributed by atoms with Crippen molar-refractivity contribution in [1.29, 1.82) is 0 Å². The lowest BCUT2D eigenvalue weighted by Gasteiger charge is -2.09. The van der Waals surface area contributed by atoms with Crippen molar-refractivity contribution in [1.82, 2.24) is 19.1 Å². The quantitative estimate of drug-likeness (QED) is 0.747. The van der Waals surface area contributed by atoms with Crippen LogP contribution in [0.3, 0.4) is 0 Å². The zero-order valence-electron chi connectivity index (χ0n) is 9.25. The van der Waals surface area contributed by atoms with Crippen LogP contribution in [-0.2, 0) is 13.1 Å². The van der Waals surface area contributed by atoms with Gasteiger partial charge < -0.3 is 9.67 Å². The molecule has 90 valence electrons. The summed E-state index contributed by atoms with van der Waals surface area (Å²) in [7, 11) is 0. The lowest BCUT2D eigenvalue weighted by molar-refractivity contribution is 0.386. The second-order valence-corrected chi connectivity index (χ2v) is 3.66. The van der Waals surface area contributed by atoms with Crippen LogP contribution < -0.4 is 11.2 Å². The molecule has 2 aromatic rings. The van der Waals surface area contributed by atoms with Gasteiger partial charge in [0.25, 0.3) is 5.56 Å². The molecule has 0 aliphatic rings. The minimum Gasteiger partial charge on any atom is -0.494 e. The fourth-order valence-electron chi connectivity index (χ4n) is 1.50. The maximum atomic E-state index is 11.5. The van der Waals surface area contributed by atoms with Crippen molar-refractivity contribution in [2.75, 3.05) is 0 Å². The Morgan fingerprint density at radius 1 is 1.41 bits per heavy atom. The highest BCUT2D eigenvalue weighted by Crippen LogP contribution is 2.07. The van der Waals surface area contributed by atoms with Crippen molar-refractivity contribution < 1.29 is 5.11 Å². The molecule has 0 aliphatic heterocycles. The Morgan fingerprint density at radius 2 is 2.18 bits per heavy atom. The van der Waals surface area contributed by atoms with E-state index in [1.54, 1.807) is 23.3 Å². The molecule has 0 saturated carbocycles. The molecule has 0 aliphatic carbocycles. The van der Waals surface area contributed by atoms with Gasteiger partial charge in [0.15, 0.2) is 0 Å². The fraction of sp³-hybridized carbons (Fsp3) is 0.300. The largest absolute Gasteiger partial charge is 0.494 e. The first-order chi connectivity index (χ1) is 8.09. The van der Waals surface area contributed by atoms with Crippen molar-refractivity contribution in [2.24, 2.45) is 0 Å². The summed E-state index contributed by atoms with van der Waals surface area (Å²) >= 11 is 0. The van der Waals surface area contributed by atoms with Gasteiger partial charge in [-0.3, -0.25) is 14.3 Å². The van der Waals surface area contributed by atoms with Gasteiger partial charge in [-0.1, -0.05) is 0 Å². The molecule has 2 heterocycles. The van der Waals surface area contributed by atoms with Gasteiger partial charge in [-0.25, -0.2) is 9.78 Å². The van der Waals surface area contributed by atoms with Crippen molar-refractivity contribution in [3.05, 3.63) is 45.1 Å². The number of aromatic hydroxyl groups is 1. The van der Waals surface area contributed by atoms with Crippen molar-refractivity contribution in [3.63, 3.8) is 0 Å². The molecular formula is C10H12N4O3. The van der Waals surface area contributed by atoms with E-state index in [1.165, 1.54) is 6.92 Å². The molecule has 2 rings (SSSR count). The molecule has 7 nitrogen and oxygen atoms in total. The summed E-state index contributed by atoms with van der Waals surface area (Å²) in [5.74, 6) is -0.293. The van der Waals surface area contributed by atoms with Gasteiger partial charge in [0, 0.05) is 25.5 Å². The summed E-state index contributed by atoms with van der Waals surface area (Å²) in [5.41, 5.74) is -1.04. The summed E-state index contributed by atoms with van der Waals surface area (Å²) in [6.45, 7) is 2.21. The number of nitrogens with one attached hydrogen (secondary N) is 1. The first kappa shape index (κ1) is 11.2. The maximum absolute atomic E-state index is 11.5. The van der Waals surface area contributed by atoms with E-state index in [0.717, 1.165) is 4.57 Å². The number of aromatic nitrogens is 4. The number of nitrogens with zero attached hydrogens (tertiary/aromatic N) is 3. The molecular weight excluding hydrogens is 224 g/mol. The maximum Gasteiger partial charge on any atom is 0.331 e. The number of imidazole rings is 1. The molecule has 0 saturated heterocycles. The van der Waals surface area contributed by atoms with Crippen LogP contribution in [0.15, 0.2) is 28.3 Å². The van der Waals surface area contributed by atoms with E-state index in [-0.39, 0.29) is 18.0 Å². The average molecular weight is 236 g/mol. The fourth-order valence-corrected chi connectivity index (χ4v) is 1.50. The average Bonchev–Trinajstić information content (AvgIpc) is 2.79. The molecule has 17 heavy (non-hydrogen) atoms. The Bertz CT molecular complexity index is 624. The first-order valence-corrected chi connectivity index (χ1v) is 5.08. The van der Waals surface area contributed by atoms with Gasteiger partial charge in [-0.15, -0.1) is 0 Å². The van der Waals surface area contributed by atoms with Crippen LogP contribution in [0, 0.1) is 6.92 Å². The van der Waals surface area contributed by atoms with Crippen molar-refractivity contribution >= 4 is 0 Å². The van der Waals surface area contributed by atoms with Crippen LogP contribution in [0.4, 0.5) is 0 Å². The summed E-state index contributed by atoms with van der Waals surface area (Å²) < 4.78 is 2.89. The van der Waals surface area contributed by atoms with Gasteiger partial charge in [0.05, 0.1) is 11.9 Å². The number of rotatable bonds is 3. The normalized spacial score (nSPS) is 10.6. The second-order valence-electron chi connectivity index (χ2n) is 3.66. The van der Waals surface area contributed by atoms with Crippen LogP contribution in [0.5, 0.6) is 5.88 Å². The van der Waals surface area contributed by atoms with Crippen LogP contribution in [-0.4, -0.2) is 24.2 Å². The number of H-pyrrole nitrogens is 1. The van der Waals surface area contributed by atoms with E-state index in [4.69, 9.17) is 0 Å². The van der Waals surface area contributed by atoms with E-state index in [2.05, 4.69) is 9.97 Å². The monoisotopic (exact) mass is 236 g/mol. The SMILES string of the molecule is Cc1c(O)n(CCn2ccnc2)c(=O)[nH]c1=O. The van der Waals surface area contributed by atoms with Gasteiger partial charge in [0.1, 0.15) is 0 Å². The smallest absolute Gasteiger partial charge is 0.331 e. The molecule has 0 aromatic carbocycles. The summed E-state index contributed by atoms with van der Waals surface area (Å²) in [4.78, 5) is 28.7. The Kier molecular flexibility index (Phi) is 2.82. The molecule has 0 unspecified atom stereocenters. The van der Waals surface area contributed by atoms with Crippen LogP contribution in [0.25, 0.3) is 0 Å². The van der Waals surface area contributed by atoms with Crippen molar-refractivity contribution in [2.45, 2.75) is 20.0 Å². The lowest BCUT2D eigenvalue weighted by Crippen LogP contribution is -2.32. The van der Waals surface area contributed by atoms with E-state index in [0.29, 0.717) is 6.54 Å². The highest BCUT2D eigenvalue weighted by Gasteiger charge is 2.09. The number of aryl methyl sites for hydroxylation is 1. The van der Waals surface area contributed by atoms with Crippen LogP contribution >= 0.6 is 0 Å². The molecule has 2 aromatic heterocycles. The topological polar surface area (TPSA) is 92.9 Å². The van der Waals surface area contributed by atoms with Gasteiger partial charge in [0.2, 0.25) is 5.88 Å². The zero-order valence-corrected chi connectivity index (χ0v) is 9.25. The summed E-state index contributed by atoms with van der Waals surface area (Å²) in [5, 5.41) is 9.71.